The number of aliphatic imine (C=N–C) groups is 1. The zero-order chi connectivity index (χ0) is 27.8. The summed E-state index contributed by atoms with van der Waals surface area (Å²) in [5.41, 5.74) is -4.79. The molecule has 1 amide bonds. The van der Waals surface area contributed by atoms with Crippen LogP contribution in [0.15, 0.2) is 35.6 Å². The van der Waals surface area contributed by atoms with E-state index in [2.05, 4.69) is 20.5 Å². The van der Waals surface area contributed by atoms with Gasteiger partial charge in [-0.2, -0.15) is 45.3 Å². The van der Waals surface area contributed by atoms with Crippen molar-refractivity contribution in [1.82, 2.24) is 24.9 Å². The molecule has 0 spiro atoms. The molecule has 1 atom stereocenters. The first-order chi connectivity index (χ1) is 17.5. The van der Waals surface area contributed by atoms with E-state index in [0.717, 1.165) is 32.3 Å². The summed E-state index contributed by atoms with van der Waals surface area (Å²) in [6, 6.07) is 4.10. The van der Waals surface area contributed by atoms with E-state index >= 15 is 0 Å². The van der Waals surface area contributed by atoms with Crippen LogP contribution in [0.5, 0.6) is 0 Å². The van der Waals surface area contributed by atoms with Crippen molar-refractivity contribution in [3.63, 3.8) is 0 Å². The van der Waals surface area contributed by atoms with E-state index in [1.165, 1.54) is 18.2 Å². The molecule has 1 saturated carbocycles. The minimum Gasteiger partial charge on any atom is -0.344 e. The Balaban J connectivity index is 1.52. The summed E-state index contributed by atoms with van der Waals surface area (Å²) in [4.78, 5) is 17.0. The number of carbonyl (C=O) groups is 1. The highest BCUT2D eigenvalue weighted by Crippen LogP contribution is 2.49. The highest BCUT2D eigenvalue weighted by molar-refractivity contribution is 6.34. The lowest BCUT2D eigenvalue weighted by Gasteiger charge is -2.19. The fourth-order valence-corrected chi connectivity index (χ4v) is 4.31. The number of hydrogen-bond donors (Lipinski definition) is 1. The second-order valence-corrected chi connectivity index (χ2v) is 9.37. The summed E-state index contributed by atoms with van der Waals surface area (Å²) in [7, 11) is 0.782. The van der Waals surface area contributed by atoms with E-state index < -0.39 is 46.8 Å². The van der Waals surface area contributed by atoms with Gasteiger partial charge in [0.1, 0.15) is 11.6 Å². The van der Waals surface area contributed by atoms with Crippen LogP contribution in [0, 0.1) is 0 Å². The molecule has 16 heteroatoms. The van der Waals surface area contributed by atoms with Crippen LogP contribution in [-0.4, -0.2) is 49.4 Å². The largest absolute Gasteiger partial charge is 0.459 e. The monoisotopic (exact) mass is 566 g/mol. The molecule has 38 heavy (non-hydrogen) atoms. The van der Waals surface area contributed by atoms with Gasteiger partial charge in [0.15, 0.2) is 11.5 Å². The number of halogens is 9. The molecule has 2 aromatic heterocycles. The molecule has 1 N–H and O–H groups in total. The van der Waals surface area contributed by atoms with Crippen LogP contribution in [0.3, 0.4) is 0 Å². The van der Waals surface area contributed by atoms with Gasteiger partial charge in [0.2, 0.25) is 0 Å². The fraction of sp³-hybridized carbons (Fsp3) is 0.364. The average Bonchev–Trinajstić information content (AvgIpc) is 3.71. The van der Waals surface area contributed by atoms with Crippen molar-refractivity contribution < 1.29 is 39.9 Å². The summed E-state index contributed by atoms with van der Waals surface area (Å²) in [5.74, 6) is -7.54. The Hall–Kier alpha value is -3.49. The quantitative estimate of drug-likeness (QED) is 0.411. The maximum absolute atomic E-state index is 14.0. The predicted octanol–water partition coefficient (Wildman–Crippen LogP) is 5.31. The van der Waals surface area contributed by atoms with Crippen LogP contribution >= 0.6 is 11.6 Å². The standard InChI is InChI=1S/C22H15ClF8N6O/c1-36-18(15(21(26,27)28)16(35-36)20(24,25)22(29,30)31)37-9-11(7-33-37)10-2-3-13(23)12(6-10)17(38)34-19(4-5-19)14-8-32-14/h2-3,6-9,14H,4-5H2,1H3,(H,34,38). The highest BCUT2D eigenvalue weighted by atomic mass is 35.5. The molecule has 202 valence electrons. The van der Waals surface area contributed by atoms with Crippen LogP contribution < -0.4 is 5.32 Å². The van der Waals surface area contributed by atoms with Gasteiger partial charge in [-0.3, -0.25) is 9.79 Å². The highest BCUT2D eigenvalue weighted by Gasteiger charge is 2.64. The van der Waals surface area contributed by atoms with E-state index in [9.17, 15) is 39.9 Å². The molecule has 1 aliphatic carbocycles. The molecule has 0 radical (unpaired) electrons. The smallest absolute Gasteiger partial charge is 0.344 e. The molecule has 7 nitrogen and oxygen atoms in total. The van der Waals surface area contributed by atoms with Crippen molar-refractivity contribution >= 4 is 23.7 Å². The number of aryl methyl sites for hydroxylation is 1. The third-order valence-electron chi connectivity index (χ3n) is 6.31. The first kappa shape index (κ1) is 26.1. The van der Waals surface area contributed by atoms with Gasteiger partial charge in [-0.1, -0.05) is 17.7 Å². The maximum atomic E-state index is 14.0. The van der Waals surface area contributed by atoms with Gasteiger partial charge < -0.3 is 5.32 Å². The number of benzene rings is 1. The van der Waals surface area contributed by atoms with Crippen molar-refractivity contribution in [2.45, 2.75) is 42.7 Å². The number of nitrogens with one attached hydrogen (secondary N) is 1. The van der Waals surface area contributed by atoms with Gasteiger partial charge >= 0.3 is 18.3 Å². The number of rotatable bonds is 6. The van der Waals surface area contributed by atoms with Gasteiger partial charge in [-0.15, -0.1) is 0 Å². The second kappa shape index (κ2) is 8.25. The molecule has 1 aromatic carbocycles. The van der Waals surface area contributed by atoms with Crippen molar-refractivity contribution in [3.8, 4) is 16.9 Å². The van der Waals surface area contributed by atoms with Crippen LogP contribution in [0.2, 0.25) is 5.02 Å². The van der Waals surface area contributed by atoms with Crippen LogP contribution in [-0.2, 0) is 19.1 Å². The fourth-order valence-electron chi connectivity index (χ4n) is 4.11. The molecule has 5 rings (SSSR count). The molecular weight excluding hydrogens is 552 g/mol. The SMILES string of the molecule is Cn1nc(C(F)(F)C(F)(F)F)c(C(F)(F)F)c1-n1cc(-c2ccc(Cl)c(C(=O)NC3(C4C=N4)CC3)c2)cn1. The first-order valence-corrected chi connectivity index (χ1v) is 11.2. The van der Waals surface area contributed by atoms with Crippen molar-refractivity contribution in [2.75, 3.05) is 0 Å². The summed E-state index contributed by atoms with van der Waals surface area (Å²) in [5, 5.41) is 9.58. The lowest BCUT2D eigenvalue weighted by Crippen LogP contribution is -2.41. The molecule has 1 aliphatic heterocycles. The summed E-state index contributed by atoms with van der Waals surface area (Å²) < 4.78 is 109. The lowest BCUT2D eigenvalue weighted by molar-refractivity contribution is -0.292. The van der Waals surface area contributed by atoms with Crippen molar-refractivity contribution in [2.24, 2.45) is 12.0 Å². The summed E-state index contributed by atoms with van der Waals surface area (Å²) in [6.45, 7) is 0. The predicted molar refractivity (Wildman–Crippen MR) is 117 cm³/mol. The van der Waals surface area contributed by atoms with Gasteiger partial charge in [0.25, 0.3) is 5.91 Å². The number of amides is 1. The first-order valence-electron chi connectivity index (χ1n) is 10.9. The maximum Gasteiger partial charge on any atom is 0.459 e. The van der Waals surface area contributed by atoms with Gasteiger partial charge in [-0.05, 0) is 30.5 Å². The Kier molecular flexibility index (Phi) is 5.67. The third kappa shape index (κ3) is 4.31. The Bertz CT molecular complexity index is 1460. The molecule has 0 bridgehead atoms. The van der Waals surface area contributed by atoms with Gasteiger partial charge in [0.05, 0.1) is 22.3 Å². The number of carbonyl (C=O) groups excluding carboxylic acids is 1. The molecule has 3 aromatic rings. The third-order valence-corrected chi connectivity index (χ3v) is 6.64. The minimum absolute atomic E-state index is 0.0625. The molecular formula is C22H15ClF8N6O. The number of alkyl halides is 8. The Morgan fingerprint density at radius 3 is 2.32 bits per heavy atom. The van der Waals surface area contributed by atoms with Crippen LogP contribution in [0.1, 0.15) is 34.5 Å². The molecule has 1 fully saturated rings. The van der Waals surface area contributed by atoms with E-state index in [1.54, 1.807) is 6.21 Å². The second-order valence-electron chi connectivity index (χ2n) is 8.96. The van der Waals surface area contributed by atoms with E-state index in [-0.39, 0.29) is 32.4 Å². The Morgan fingerprint density at radius 1 is 1.11 bits per heavy atom. The van der Waals surface area contributed by atoms with Crippen molar-refractivity contribution in [1.29, 1.82) is 0 Å². The zero-order valence-corrected chi connectivity index (χ0v) is 19.8. The minimum atomic E-state index is -6.32. The lowest BCUT2D eigenvalue weighted by atomic mass is 10.0. The Morgan fingerprint density at radius 2 is 1.76 bits per heavy atom. The topological polar surface area (TPSA) is 77.1 Å². The number of hydrogen-bond acceptors (Lipinski definition) is 4. The molecule has 0 saturated heterocycles. The number of aromatic nitrogens is 4. The normalized spacial score (nSPS) is 18.5. The van der Waals surface area contributed by atoms with Crippen molar-refractivity contribution in [3.05, 3.63) is 52.4 Å². The van der Waals surface area contributed by atoms with E-state index in [0.29, 0.717) is 4.68 Å². The average molecular weight is 567 g/mol. The van der Waals surface area contributed by atoms with Gasteiger partial charge in [-0.25, -0.2) is 9.36 Å². The van der Waals surface area contributed by atoms with Crippen LogP contribution in [0.25, 0.3) is 16.9 Å². The summed E-state index contributed by atoms with van der Waals surface area (Å²) >= 11 is 6.19. The Labute approximate surface area is 213 Å². The zero-order valence-electron chi connectivity index (χ0n) is 19.0. The molecule has 2 aliphatic rings. The van der Waals surface area contributed by atoms with E-state index in [4.69, 9.17) is 11.6 Å². The van der Waals surface area contributed by atoms with Crippen LogP contribution in [0.4, 0.5) is 35.1 Å². The number of nitrogens with zero attached hydrogens (tertiary/aromatic N) is 5. The van der Waals surface area contributed by atoms with Gasteiger partial charge in [0, 0.05) is 25.0 Å². The summed E-state index contributed by atoms with van der Waals surface area (Å²) in [6.07, 6.45) is -6.74. The molecule has 3 heterocycles. The van der Waals surface area contributed by atoms with E-state index in [1.807, 2.05) is 0 Å². The molecule has 1 unspecified atom stereocenters.